The van der Waals surface area contributed by atoms with Crippen LogP contribution in [0.4, 0.5) is 0 Å². The van der Waals surface area contributed by atoms with Crippen LogP contribution in [0.2, 0.25) is 0 Å². The highest BCUT2D eigenvalue weighted by atomic mass is 14.9. The molecule has 31 heavy (non-hydrogen) atoms. The van der Waals surface area contributed by atoms with Crippen LogP contribution >= 0.6 is 0 Å². The Bertz CT molecular complexity index is 1220. The average molecular weight is 409 g/mol. The van der Waals surface area contributed by atoms with Crippen LogP contribution in [-0.2, 0) is 13.5 Å². The molecule has 1 heterocycles. The van der Waals surface area contributed by atoms with Crippen LogP contribution in [0, 0.1) is 12.8 Å². The fourth-order valence-electron chi connectivity index (χ4n) is 4.74. The Morgan fingerprint density at radius 2 is 1.55 bits per heavy atom. The van der Waals surface area contributed by atoms with Crippen LogP contribution < -0.4 is 4.57 Å². The van der Waals surface area contributed by atoms with Crippen molar-refractivity contribution < 1.29 is 4.57 Å². The van der Waals surface area contributed by atoms with Crippen LogP contribution in [0.15, 0.2) is 72.9 Å². The third-order valence-corrected chi connectivity index (χ3v) is 6.28. The molecule has 0 bridgehead atoms. The highest BCUT2D eigenvalue weighted by Gasteiger charge is 2.21. The summed E-state index contributed by atoms with van der Waals surface area (Å²) < 4.78 is 2.28. The minimum atomic E-state index is 0.473. The highest BCUT2D eigenvalue weighted by Crippen LogP contribution is 2.36. The number of rotatable bonds is 5. The summed E-state index contributed by atoms with van der Waals surface area (Å²) in [6.07, 6.45) is 3.33. The van der Waals surface area contributed by atoms with E-state index in [1.54, 1.807) is 0 Å². The van der Waals surface area contributed by atoms with Crippen molar-refractivity contribution in [2.45, 2.75) is 47.0 Å². The van der Waals surface area contributed by atoms with Crippen LogP contribution in [0.1, 0.15) is 50.3 Å². The number of hydrogen-bond donors (Lipinski definition) is 0. The first-order chi connectivity index (χ1) is 14.8. The van der Waals surface area contributed by atoms with E-state index < -0.39 is 0 Å². The lowest BCUT2D eigenvalue weighted by molar-refractivity contribution is -0.659. The number of benzene rings is 3. The zero-order chi connectivity index (χ0) is 22.1. The van der Waals surface area contributed by atoms with Gasteiger partial charge in [0.1, 0.15) is 7.05 Å². The first-order valence-electron chi connectivity index (χ1n) is 11.5. The molecule has 0 radical (unpaired) electrons. The van der Waals surface area contributed by atoms with Crippen molar-refractivity contribution >= 4 is 10.8 Å². The Labute approximate surface area is 187 Å². The molecular weight excluding hydrogens is 374 g/mol. The number of hydrogen-bond acceptors (Lipinski definition) is 0. The summed E-state index contributed by atoms with van der Waals surface area (Å²) >= 11 is 0. The predicted octanol–water partition coefficient (Wildman–Crippen LogP) is 7.63. The minimum absolute atomic E-state index is 0.473. The second-order valence-corrected chi connectivity index (χ2v) is 9.55. The van der Waals surface area contributed by atoms with E-state index in [2.05, 4.69) is 119 Å². The molecule has 4 aromatic rings. The van der Waals surface area contributed by atoms with Crippen molar-refractivity contribution in [3.8, 4) is 22.4 Å². The fourth-order valence-corrected chi connectivity index (χ4v) is 4.74. The number of aromatic nitrogens is 1. The van der Waals surface area contributed by atoms with E-state index in [9.17, 15) is 0 Å². The molecule has 0 atom stereocenters. The molecule has 4 rings (SSSR count). The van der Waals surface area contributed by atoms with Crippen molar-refractivity contribution in [2.75, 3.05) is 0 Å². The molecule has 3 aromatic carbocycles. The summed E-state index contributed by atoms with van der Waals surface area (Å²) in [4.78, 5) is 0. The lowest BCUT2D eigenvalue weighted by Gasteiger charge is -2.17. The number of nitrogens with zero attached hydrogens (tertiary/aromatic N) is 1. The van der Waals surface area contributed by atoms with Gasteiger partial charge < -0.3 is 0 Å². The van der Waals surface area contributed by atoms with Gasteiger partial charge in [-0.05, 0) is 70.5 Å². The molecule has 0 amide bonds. The standard InChI is InChI=1S/C30H34N/c1-20(2)16-23-12-13-27-25(17-23)14-15-31(6)30(27)29-19-26(24-10-8-7-9-11-24)18-28(21(3)4)22(29)5/h7-15,17-21H,16H2,1-6H3/q+1. The second kappa shape index (κ2) is 8.67. The molecule has 0 aliphatic carbocycles. The van der Waals surface area contributed by atoms with Gasteiger partial charge in [0.05, 0.1) is 10.9 Å². The van der Waals surface area contributed by atoms with Crippen LogP contribution in [0.25, 0.3) is 33.2 Å². The van der Waals surface area contributed by atoms with E-state index in [-0.39, 0.29) is 0 Å². The molecule has 0 spiro atoms. The zero-order valence-corrected chi connectivity index (χ0v) is 19.7. The molecule has 0 N–H and O–H groups in total. The first-order valence-corrected chi connectivity index (χ1v) is 11.5. The van der Waals surface area contributed by atoms with Crippen molar-refractivity contribution in [1.82, 2.24) is 0 Å². The molecule has 1 aromatic heterocycles. The molecule has 1 heteroatoms. The van der Waals surface area contributed by atoms with E-state index in [1.807, 2.05) is 0 Å². The Hall–Kier alpha value is -2.93. The van der Waals surface area contributed by atoms with E-state index in [1.165, 1.54) is 49.8 Å². The summed E-state index contributed by atoms with van der Waals surface area (Å²) in [5.41, 5.74) is 9.40. The Morgan fingerprint density at radius 3 is 2.23 bits per heavy atom. The first kappa shape index (κ1) is 21.3. The third-order valence-electron chi connectivity index (χ3n) is 6.28. The van der Waals surface area contributed by atoms with Gasteiger partial charge in [0.15, 0.2) is 6.20 Å². The van der Waals surface area contributed by atoms with Gasteiger partial charge in [-0.3, -0.25) is 0 Å². The summed E-state index contributed by atoms with van der Waals surface area (Å²) in [5.74, 6) is 1.13. The number of aryl methyl sites for hydroxylation is 1. The maximum Gasteiger partial charge on any atom is 0.220 e. The van der Waals surface area contributed by atoms with Crippen LogP contribution in [0.3, 0.4) is 0 Å². The fraction of sp³-hybridized carbons (Fsp3) is 0.300. The number of fused-ring (bicyclic) bond motifs is 1. The Kier molecular flexibility index (Phi) is 5.96. The lowest BCUT2D eigenvalue weighted by Crippen LogP contribution is -2.31. The summed E-state index contributed by atoms with van der Waals surface area (Å²) in [6.45, 7) is 11.4. The molecule has 0 aliphatic heterocycles. The lowest BCUT2D eigenvalue weighted by atomic mass is 9.87. The van der Waals surface area contributed by atoms with E-state index in [4.69, 9.17) is 0 Å². The molecule has 1 nitrogen and oxygen atoms in total. The average Bonchev–Trinajstić information content (AvgIpc) is 2.74. The summed E-state index contributed by atoms with van der Waals surface area (Å²) in [6, 6.07) is 24.8. The molecule has 0 aliphatic rings. The summed E-state index contributed by atoms with van der Waals surface area (Å²) in [7, 11) is 2.17. The van der Waals surface area contributed by atoms with Gasteiger partial charge in [-0.2, -0.15) is 0 Å². The maximum absolute atomic E-state index is 2.38. The van der Waals surface area contributed by atoms with Crippen LogP contribution in [0.5, 0.6) is 0 Å². The molecule has 0 saturated carbocycles. The second-order valence-electron chi connectivity index (χ2n) is 9.55. The van der Waals surface area contributed by atoms with Crippen LogP contribution in [-0.4, -0.2) is 0 Å². The van der Waals surface area contributed by atoms with Gasteiger partial charge in [0.25, 0.3) is 0 Å². The number of pyridine rings is 1. The minimum Gasteiger partial charge on any atom is -0.200 e. The van der Waals surface area contributed by atoms with Gasteiger partial charge >= 0.3 is 0 Å². The Balaban J connectivity index is 1.98. The molecular formula is C30H34N+. The van der Waals surface area contributed by atoms with E-state index >= 15 is 0 Å². The van der Waals surface area contributed by atoms with E-state index in [0.717, 1.165) is 6.42 Å². The van der Waals surface area contributed by atoms with Gasteiger partial charge in [-0.15, -0.1) is 0 Å². The van der Waals surface area contributed by atoms with Gasteiger partial charge in [-0.25, -0.2) is 4.57 Å². The predicted molar refractivity (Wildman–Crippen MR) is 133 cm³/mol. The summed E-state index contributed by atoms with van der Waals surface area (Å²) in [5, 5.41) is 2.64. The Morgan fingerprint density at radius 1 is 0.806 bits per heavy atom. The molecule has 0 saturated heterocycles. The monoisotopic (exact) mass is 408 g/mol. The normalized spacial score (nSPS) is 11.6. The molecule has 158 valence electrons. The van der Waals surface area contributed by atoms with Crippen molar-refractivity contribution in [2.24, 2.45) is 13.0 Å². The SMILES string of the molecule is Cc1c(-c2c3ccc(CC(C)C)cc3cc[n+]2C)cc(-c2ccccc2)cc1C(C)C. The smallest absolute Gasteiger partial charge is 0.200 e. The van der Waals surface area contributed by atoms with E-state index in [0.29, 0.717) is 11.8 Å². The largest absolute Gasteiger partial charge is 0.220 e. The van der Waals surface area contributed by atoms with Crippen molar-refractivity contribution in [1.29, 1.82) is 0 Å². The topological polar surface area (TPSA) is 3.88 Å². The van der Waals surface area contributed by atoms with Gasteiger partial charge in [-0.1, -0.05) is 76.2 Å². The van der Waals surface area contributed by atoms with Gasteiger partial charge in [0, 0.05) is 6.07 Å². The maximum atomic E-state index is 2.38. The molecule has 0 unspecified atom stereocenters. The quantitative estimate of drug-likeness (QED) is 0.299. The zero-order valence-electron chi connectivity index (χ0n) is 19.7. The van der Waals surface area contributed by atoms with Crippen molar-refractivity contribution in [3.05, 3.63) is 89.6 Å². The van der Waals surface area contributed by atoms with Crippen molar-refractivity contribution in [3.63, 3.8) is 0 Å². The molecule has 0 fully saturated rings. The van der Waals surface area contributed by atoms with Gasteiger partial charge in [0.2, 0.25) is 5.69 Å². The highest BCUT2D eigenvalue weighted by molar-refractivity contribution is 5.95. The third kappa shape index (κ3) is 4.28.